The minimum absolute atomic E-state index is 0.564. The molecule has 1 aromatic carbocycles. The van der Waals surface area contributed by atoms with Gasteiger partial charge in [0, 0.05) is 23.1 Å². The van der Waals surface area contributed by atoms with E-state index in [-0.39, 0.29) is 0 Å². The van der Waals surface area contributed by atoms with Crippen LogP contribution in [0.5, 0.6) is 5.75 Å². The molecule has 0 aromatic heterocycles. The molecular weight excluding hydrogens is 234 g/mol. The first-order chi connectivity index (χ1) is 9.24. The molecule has 2 heteroatoms. The average molecular weight is 247 g/mol. The molecule has 0 unspecified atom stereocenters. The Kier molecular flexibility index (Phi) is 1.99. The molecule has 2 aliphatic carbocycles. The van der Waals surface area contributed by atoms with E-state index in [1.807, 2.05) is 36.4 Å². The van der Waals surface area contributed by atoms with Gasteiger partial charge in [-0.2, -0.15) is 0 Å². The fraction of sp³-hybridized carbons (Fsp3) is 0.118. The van der Waals surface area contributed by atoms with Gasteiger partial charge < -0.3 is 10.1 Å². The minimum Gasteiger partial charge on any atom is -0.456 e. The zero-order chi connectivity index (χ0) is 13.0. The number of hydrogen-bond donors (Lipinski definition) is 1. The summed E-state index contributed by atoms with van der Waals surface area (Å²) in [6, 6.07) is 8.16. The third kappa shape index (κ3) is 1.40. The van der Waals surface area contributed by atoms with Crippen molar-refractivity contribution in [3.05, 3.63) is 70.5 Å². The number of hydrogen-bond acceptors (Lipinski definition) is 2. The number of fused-ring (bicyclic) bond motifs is 3. The van der Waals surface area contributed by atoms with Gasteiger partial charge in [0.25, 0.3) is 0 Å². The molecule has 1 aliphatic heterocycles. The van der Waals surface area contributed by atoms with Gasteiger partial charge in [-0.1, -0.05) is 18.2 Å². The van der Waals surface area contributed by atoms with Gasteiger partial charge in [0.15, 0.2) is 0 Å². The van der Waals surface area contributed by atoms with Gasteiger partial charge in [-0.05, 0) is 42.4 Å². The van der Waals surface area contributed by atoms with Crippen LogP contribution in [0, 0.1) is 5.41 Å². The molecule has 1 N–H and O–H groups in total. The number of para-hydroxylation sites is 1. The van der Waals surface area contributed by atoms with Crippen molar-refractivity contribution in [3.63, 3.8) is 0 Å². The number of nitrogens with one attached hydrogen (secondary N) is 1. The molecule has 1 aromatic rings. The first kappa shape index (κ1) is 10.6. The molecule has 0 radical (unpaired) electrons. The second-order valence-electron chi connectivity index (χ2n) is 5.08. The number of ether oxygens (including phenoxy) is 1. The highest BCUT2D eigenvalue weighted by Gasteiger charge is 2.32. The maximum atomic E-state index is 7.74. The first-order valence-electron chi connectivity index (χ1n) is 6.43. The van der Waals surface area contributed by atoms with Crippen LogP contribution < -0.4 is 4.74 Å². The Labute approximate surface area is 111 Å². The monoisotopic (exact) mass is 247 g/mol. The van der Waals surface area contributed by atoms with Crippen molar-refractivity contribution in [3.8, 4) is 5.75 Å². The van der Waals surface area contributed by atoms with Crippen molar-refractivity contribution in [2.24, 2.45) is 0 Å². The van der Waals surface area contributed by atoms with Crippen LogP contribution in [0.1, 0.15) is 18.9 Å². The molecule has 0 fully saturated rings. The predicted octanol–water partition coefficient (Wildman–Crippen LogP) is 4.03. The molecule has 0 amide bonds. The van der Waals surface area contributed by atoms with Crippen LogP contribution in [0.3, 0.4) is 0 Å². The van der Waals surface area contributed by atoms with Crippen molar-refractivity contribution in [1.82, 2.24) is 0 Å². The Hall–Kier alpha value is -2.35. The predicted molar refractivity (Wildman–Crippen MR) is 76.3 cm³/mol. The fourth-order valence-corrected chi connectivity index (χ4v) is 2.95. The third-order valence-electron chi connectivity index (χ3n) is 3.95. The zero-order valence-corrected chi connectivity index (χ0v) is 10.7. The molecule has 2 nitrogen and oxygen atoms in total. The van der Waals surface area contributed by atoms with Crippen LogP contribution in [-0.4, -0.2) is 5.71 Å². The van der Waals surface area contributed by atoms with Crippen molar-refractivity contribution < 1.29 is 4.74 Å². The van der Waals surface area contributed by atoms with Crippen LogP contribution >= 0.6 is 0 Å². The average Bonchev–Trinajstić information content (AvgIpc) is 2.77. The largest absolute Gasteiger partial charge is 0.456 e. The molecule has 0 atom stereocenters. The summed E-state index contributed by atoms with van der Waals surface area (Å²) in [5.41, 5.74) is 6.64. The molecular formula is C17H13NO. The van der Waals surface area contributed by atoms with Crippen molar-refractivity contribution in [2.75, 3.05) is 0 Å². The molecule has 1 heterocycles. The van der Waals surface area contributed by atoms with Crippen LogP contribution in [-0.2, 0) is 0 Å². The summed E-state index contributed by atoms with van der Waals surface area (Å²) in [5, 5.41) is 7.74. The highest BCUT2D eigenvalue weighted by atomic mass is 16.5. The molecule has 92 valence electrons. The van der Waals surface area contributed by atoms with Crippen molar-refractivity contribution in [1.29, 1.82) is 5.41 Å². The van der Waals surface area contributed by atoms with Crippen LogP contribution in [0.4, 0.5) is 0 Å². The second kappa shape index (κ2) is 3.58. The Bertz CT molecular complexity index is 744. The summed E-state index contributed by atoms with van der Waals surface area (Å²) in [6.45, 7) is 2.16. The fourth-order valence-electron chi connectivity index (χ4n) is 2.95. The Morgan fingerprint density at radius 2 is 2.00 bits per heavy atom. The van der Waals surface area contributed by atoms with Crippen LogP contribution in [0.25, 0.3) is 5.57 Å². The van der Waals surface area contributed by atoms with E-state index in [0.29, 0.717) is 5.71 Å². The van der Waals surface area contributed by atoms with Crippen LogP contribution in [0.2, 0.25) is 0 Å². The smallest absolute Gasteiger partial charge is 0.138 e. The maximum absolute atomic E-state index is 7.74. The van der Waals surface area contributed by atoms with Gasteiger partial charge in [-0.25, -0.2) is 0 Å². The number of rotatable bonds is 0. The summed E-state index contributed by atoms with van der Waals surface area (Å²) in [5.74, 6) is 1.91. The molecule has 0 saturated heterocycles. The Morgan fingerprint density at radius 1 is 1.16 bits per heavy atom. The van der Waals surface area contributed by atoms with E-state index in [4.69, 9.17) is 10.1 Å². The Morgan fingerprint density at radius 3 is 2.89 bits per heavy atom. The summed E-state index contributed by atoms with van der Waals surface area (Å²) >= 11 is 0. The SMILES string of the molecule is CC1=C2CC3=CC(=N)C=CC3=C2Oc2ccccc21. The lowest BCUT2D eigenvalue weighted by atomic mass is 9.96. The van der Waals surface area contributed by atoms with Crippen molar-refractivity contribution >= 4 is 11.3 Å². The summed E-state index contributed by atoms with van der Waals surface area (Å²) in [7, 11) is 0. The summed E-state index contributed by atoms with van der Waals surface area (Å²) in [4.78, 5) is 0. The van der Waals surface area contributed by atoms with Gasteiger partial charge in [0.2, 0.25) is 0 Å². The van der Waals surface area contributed by atoms with Gasteiger partial charge in [0.05, 0.1) is 5.71 Å². The maximum Gasteiger partial charge on any atom is 0.138 e. The number of allylic oxidation sites excluding steroid dienone is 7. The standard InChI is InChI=1S/C17H13NO/c1-10-13-4-2-3-5-16(13)19-17-14-7-6-12(18)8-11(14)9-15(10)17/h2-8,18H,9H2,1H3. The van der Waals surface area contributed by atoms with E-state index in [2.05, 4.69) is 13.0 Å². The molecule has 3 aliphatic rings. The first-order valence-corrected chi connectivity index (χ1v) is 6.43. The van der Waals surface area contributed by atoms with E-state index in [1.54, 1.807) is 0 Å². The van der Waals surface area contributed by atoms with E-state index in [1.165, 1.54) is 22.3 Å². The highest BCUT2D eigenvalue weighted by Crippen LogP contribution is 2.47. The molecule has 4 rings (SSSR count). The quantitative estimate of drug-likeness (QED) is 0.737. The lowest BCUT2D eigenvalue weighted by Crippen LogP contribution is -2.06. The second-order valence-corrected chi connectivity index (χ2v) is 5.08. The van der Waals surface area contributed by atoms with E-state index in [9.17, 15) is 0 Å². The molecule has 0 spiro atoms. The highest BCUT2D eigenvalue weighted by molar-refractivity contribution is 6.05. The van der Waals surface area contributed by atoms with E-state index >= 15 is 0 Å². The zero-order valence-electron chi connectivity index (χ0n) is 10.7. The van der Waals surface area contributed by atoms with E-state index < -0.39 is 0 Å². The summed E-state index contributed by atoms with van der Waals surface area (Å²) < 4.78 is 6.09. The van der Waals surface area contributed by atoms with Crippen LogP contribution in [0.15, 0.2) is 65.0 Å². The molecule has 0 bridgehead atoms. The van der Waals surface area contributed by atoms with Gasteiger partial charge >= 0.3 is 0 Å². The molecule has 0 saturated carbocycles. The van der Waals surface area contributed by atoms with Gasteiger partial charge in [-0.3, -0.25) is 0 Å². The van der Waals surface area contributed by atoms with E-state index in [0.717, 1.165) is 23.5 Å². The van der Waals surface area contributed by atoms with Gasteiger partial charge in [0.1, 0.15) is 11.5 Å². The molecule has 19 heavy (non-hydrogen) atoms. The summed E-state index contributed by atoms with van der Waals surface area (Å²) in [6.07, 6.45) is 6.64. The number of benzene rings is 1. The van der Waals surface area contributed by atoms with Crippen molar-refractivity contribution in [2.45, 2.75) is 13.3 Å². The Balaban J connectivity index is 1.97. The third-order valence-corrected chi connectivity index (χ3v) is 3.95. The normalized spacial score (nSPS) is 19.8. The topological polar surface area (TPSA) is 33.1 Å². The lowest BCUT2D eigenvalue weighted by Gasteiger charge is -2.21. The minimum atomic E-state index is 0.564. The van der Waals surface area contributed by atoms with Gasteiger partial charge in [-0.15, -0.1) is 0 Å². The lowest BCUT2D eigenvalue weighted by molar-refractivity contribution is 0.429.